The first-order valence-electron chi connectivity index (χ1n) is 4.56. The molecule has 1 aromatic rings. The van der Waals surface area contributed by atoms with Crippen molar-refractivity contribution in [3.05, 3.63) is 30.3 Å². The number of alkyl halides is 1. The molecule has 0 aliphatic carbocycles. The van der Waals surface area contributed by atoms with Crippen LogP contribution in [0.4, 0.5) is 0 Å². The van der Waals surface area contributed by atoms with Gasteiger partial charge in [0.15, 0.2) is 0 Å². The summed E-state index contributed by atoms with van der Waals surface area (Å²) in [5, 5.41) is 1.05. The van der Waals surface area contributed by atoms with Crippen molar-refractivity contribution in [3.8, 4) is 5.75 Å². The SMILES string of the molecule is C[C@@H](CCBr)COc1ccccc1. The maximum atomic E-state index is 5.60. The number of hydrogen-bond donors (Lipinski definition) is 0. The molecule has 1 rings (SSSR count). The van der Waals surface area contributed by atoms with Crippen molar-refractivity contribution in [2.75, 3.05) is 11.9 Å². The van der Waals surface area contributed by atoms with Crippen LogP contribution in [-0.4, -0.2) is 11.9 Å². The van der Waals surface area contributed by atoms with E-state index in [1.165, 1.54) is 0 Å². The number of para-hydroxylation sites is 1. The van der Waals surface area contributed by atoms with Crippen LogP contribution in [0.15, 0.2) is 30.3 Å². The Kier molecular flexibility index (Phi) is 4.91. The topological polar surface area (TPSA) is 9.23 Å². The van der Waals surface area contributed by atoms with Crippen LogP contribution in [0.25, 0.3) is 0 Å². The fourth-order valence-electron chi connectivity index (χ4n) is 1.02. The molecule has 0 bridgehead atoms. The highest BCUT2D eigenvalue weighted by Gasteiger charge is 2.01. The van der Waals surface area contributed by atoms with Gasteiger partial charge < -0.3 is 4.74 Å². The molecular formula is C11H15BrO. The Balaban J connectivity index is 2.27. The molecule has 1 atom stereocenters. The van der Waals surface area contributed by atoms with Crippen molar-refractivity contribution in [3.63, 3.8) is 0 Å². The van der Waals surface area contributed by atoms with Crippen LogP contribution in [0.3, 0.4) is 0 Å². The van der Waals surface area contributed by atoms with Crippen molar-refractivity contribution in [2.24, 2.45) is 5.92 Å². The predicted molar refractivity (Wildman–Crippen MR) is 59.5 cm³/mol. The Morgan fingerprint density at radius 2 is 2.00 bits per heavy atom. The minimum absolute atomic E-state index is 0.611. The maximum Gasteiger partial charge on any atom is 0.119 e. The van der Waals surface area contributed by atoms with Gasteiger partial charge in [-0.15, -0.1) is 0 Å². The molecule has 0 aromatic heterocycles. The third-order valence-corrected chi connectivity index (χ3v) is 2.34. The van der Waals surface area contributed by atoms with Gasteiger partial charge in [-0.25, -0.2) is 0 Å². The summed E-state index contributed by atoms with van der Waals surface area (Å²) in [5.41, 5.74) is 0. The highest BCUT2D eigenvalue weighted by molar-refractivity contribution is 9.09. The molecule has 0 amide bonds. The van der Waals surface area contributed by atoms with Gasteiger partial charge in [-0.05, 0) is 24.5 Å². The molecule has 0 aliphatic heterocycles. The van der Waals surface area contributed by atoms with E-state index in [0.717, 1.165) is 24.1 Å². The molecule has 0 saturated heterocycles. The van der Waals surface area contributed by atoms with Gasteiger partial charge in [0.25, 0.3) is 0 Å². The van der Waals surface area contributed by atoms with Crippen molar-refractivity contribution in [1.82, 2.24) is 0 Å². The van der Waals surface area contributed by atoms with E-state index in [1.807, 2.05) is 30.3 Å². The first-order valence-corrected chi connectivity index (χ1v) is 5.69. The fraction of sp³-hybridized carbons (Fsp3) is 0.455. The van der Waals surface area contributed by atoms with E-state index in [4.69, 9.17) is 4.74 Å². The zero-order chi connectivity index (χ0) is 9.52. The summed E-state index contributed by atoms with van der Waals surface area (Å²) < 4.78 is 5.60. The minimum Gasteiger partial charge on any atom is -0.493 e. The summed E-state index contributed by atoms with van der Waals surface area (Å²) in [4.78, 5) is 0. The first-order chi connectivity index (χ1) is 6.33. The molecule has 13 heavy (non-hydrogen) atoms. The van der Waals surface area contributed by atoms with E-state index < -0.39 is 0 Å². The molecule has 0 unspecified atom stereocenters. The van der Waals surface area contributed by atoms with E-state index in [-0.39, 0.29) is 0 Å². The Morgan fingerprint density at radius 3 is 2.62 bits per heavy atom. The van der Waals surface area contributed by atoms with Gasteiger partial charge in [0, 0.05) is 5.33 Å². The largest absolute Gasteiger partial charge is 0.493 e. The van der Waals surface area contributed by atoms with Crippen molar-refractivity contribution in [1.29, 1.82) is 0 Å². The molecular weight excluding hydrogens is 228 g/mol. The summed E-state index contributed by atoms with van der Waals surface area (Å²) in [6, 6.07) is 9.95. The minimum atomic E-state index is 0.611. The lowest BCUT2D eigenvalue weighted by molar-refractivity contribution is 0.257. The Hall–Kier alpha value is -0.500. The van der Waals surface area contributed by atoms with Gasteiger partial charge in [-0.3, -0.25) is 0 Å². The monoisotopic (exact) mass is 242 g/mol. The molecule has 0 heterocycles. The predicted octanol–water partition coefficient (Wildman–Crippen LogP) is 3.49. The lowest BCUT2D eigenvalue weighted by Crippen LogP contribution is -2.08. The van der Waals surface area contributed by atoms with Gasteiger partial charge in [-0.2, -0.15) is 0 Å². The van der Waals surface area contributed by atoms with Crippen LogP contribution in [-0.2, 0) is 0 Å². The Morgan fingerprint density at radius 1 is 1.31 bits per heavy atom. The number of halogens is 1. The highest BCUT2D eigenvalue weighted by Crippen LogP contribution is 2.11. The second-order valence-corrected chi connectivity index (χ2v) is 4.00. The lowest BCUT2D eigenvalue weighted by Gasteiger charge is -2.11. The molecule has 0 fully saturated rings. The van der Waals surface area contributed by atoms with Crippen molar-refractivity contribution < 1.29 is 4.74 Å². The van der Waals surface area contributed by atoms with E-state index in [9.17, 15) is 0 Å². The molecule has 0 N–H and O–H groups in total. The second kappa shape index (κ2) is 6.03. The quantitative estimate of drug-likeness (QED) is 0.719. The van der Waals surface area contributed by atoms with E-state index in [0.29, 0.717) is 5.92 Å². The van der Waals surface area contributed by atoms with Gasteiger partial charge in [-0.1, -0.05) is 41.1 Å². The third-order valence-electron chi connectivity index (χ3n) is 1.88. The summed E-state index contributed by atoms with van der Waals surface area (Å²) in [7, 11) is 0. The maximum absolute atomic E-state index is 5.60. The summed E-state index contributed by atoms with van der Waals surface area (Å²) in [5.74, 6) is 1.57. The summed E-state index contributed by atoms with van der Waals surface area (Å²) in [6.07, 6.45) is 1.16. The molecule has 0 radical (unpaired) electrons. The summed E-state index contributed by atoms with van der Waals surface area (Å²) >= 11 is 3.42. The average molecular weight is 243 g/mol. The molecule has 0 aliphatic rings. The third kappa shape index (κ3) is 4.32. The van der Waals surface area contributed by atoms with Crippen LogP contribution in [0, 0.1) is 5.92 Å². The lowest BCUT2D eigenvalue weighted by atomic mass is 10.1. The second-order valence-electron chi connectivity index (χ2n) is 3.21. The van der Waals surface area contributed by atoms with Crippen LogP contribution in [0.2, 0.25) is 0 Å². The Bertz CT molecular complexity index is 223. The average Bonchev–Trinajstić information content (AvgIpc) is 2.17. The number of ether oxygens (including phenoxy) is 1. The number of hydrogen-bond acceptors (Lipinski definition) is 1. The van der Waals surface area contributed by atoms with Crippen LogP contribution in [0.1, 0.15) is 13.3 Å². The van der Waals surface area contributed by atoms with E-state index in [2.05, 4.69) is 22.9 Å². The number of rotatable bonds is 5. The van der Waals surface area contributed by atoms with E-state index >= 15 is 0 Å². The molecule has 0 spiro atoms. The summed E-state index contributed by atoms with van der Waals surface area (Å²) in [6.45, 7) is 3.00. The molecule has 2 heteroatoms. The molecule has 0 saturated carbocycles. The van der Waals surface area contributed by atoms with Crippen molar-refractivity contribution >= 4 is 15.9 Å². The van der Waals surface area contributed by atoms with E-state index in [1.54, 1.807) is 0 Å². The van der Waals surface area contributed by atoms with Crippen molar-refractivity contribution in [2.45, 2.75) is 13.3 Å². The standard InChI is InChI=1S/C11H15BrO/c1-10(7-8-12)9-13-11-5-3-2-4-6-11/h2-6,10H,7-9H2,1H3/t10-/m0/s1. The number of benzene rings is 1. The Labute approximate surface area is 88.2 Å². The zero-order valence-electron chi connectivity index (χ0n) is 7.87. The molecule has 1 aromatic carbocycles. The van der Waals surface area contributed by atoms with Crippen LogP contribution >= 0.6 is 15.9 Å². The van der Waals surface area contributed by atoms with Gasteiger partial charge in [0.05, 0.1) is 6.61 Å². The van der Waals surface area contributed by atoms with Gasteiger partial charge >= 0.3 is 0 Å². The van der Waals surface area contributed by atoms with Crippen LogP contribution in [0.5, 0.6) is 5.75 Å². The smallest absolute Gasteiger partial charge is 0.119 e. The van der Waals surface area contributed by atoms with Gasteiger partial charge in [0.1, 0.15) is 5.75 Å². The van der Waals surface area contributed by atoms with Gasteiger partial charge in [0.2, 0.25) is 0 Å². The molecule has 1 nitrogen and oxygen atoms in total. The first kappa shape index (κ1) is 10.6. The highest BCUT2D eigenvalue weighted by atomic mass is 79.9. The molecule has 72 valence electrons. The zero-order valence-corrected chi connectivity index (χ0v) is 9.46. The normalized spacial score (nSPS) is 12.5. The van der Waals surface area contributed by atoms with Crippen LogP contribution < -0.4 is 4.74 Å². The fourth-order valence-corrected chi connectivity index (χ4v) is 1.81.